The molecule has 1 fully saturated rings. The highest BCUT2D eigenvalue weighted by molar-refractivity contribution is 9.10. The van der Waals surface area contributed by atoms with Gasteiger partial charge in [-0.3, -0.25) is 4.90 Å². The van der Waals surface area contributed by atoms with Crippen LogP contribution in [0.15, 0.2) is 28.7 Å². The van der Waals surface area contributed by atoms with E-state index in [2.05, 4.69) is 34.7 Å². The van der Waals surface area contributed by atoms with E-state index in [0.29, 0.717) is 12.2 Å². The van der Waals surface area contributed by atoms with E-state index in [1.807, 2.05) is 24.3 Å². The van der Waals surface area contributed by atoms with Crippen molar-refractivity contribution in [3.63, 3.8) is 0 Å². The monoisotopic (exact) mass is 397 g/mol. The van der Waals surface area contributed by atoms with Crippen LogP contribution in [-0.2, 0) is 4.74 Å². The van der Waals surface area contributed by atoms with Crippen LogP contribution in [0.1, 0.15) is 52.4 Å². The Morgan fingerprint density at radius 2 is 1.54 bits per heavy atom. The number of halogens is 1. The molecule has 0 bridgehead atoms. The van der Waals surface area contributed by atoms with Crippen LogP contribution in [0.25, 0.3) is 0 Å². The van der Waals surface area contributed by atoms with Crippen LogP contribution in [0.2, 0.25) is 0 Å². The van der Waals surface area contributed by atoms with E-state index >= 15 is 0 Å². The average Bonchev–Trinajstić information content (AvgIpc) is 2.54. The third kappa shape index (κ3) is 8.00. The summed E-state index contributed by atoms with van der Waals surface area (Å²) in [5, 5.41) is 0. The van der Waals surface area contributed by atoms with Crippen molar-refractivity contribution < 1.29 is 9.47 Å². The van der Waals surface area contributed by atoms with Crippen molar-refractivity contribution in [3.8, 4) is 5.75 Å². The number of hydrogen-bond acceptors (Lipinski definition) is 3. The van der Waals surface area contributed by atoms with Crippen LogP contribution in [0.3, 0.4) is 0 Å². The number of unbranched alkanes of at least 4 members (excludes halogenated alkanes) is 5. The molecule has 0 radical (unpaired) electrons. The molecule has 0 aliphatic carbocycles. The van der Waals surface area contributed by atoms with Gasteiger partial charge in [-0.1, -0.05) is 41.6 Å². The molecule has 136 valence electrons. The van der Waals surface area contributed by atoms with Gasteiger partial charge in [0.05, 0.1) is 18.8 Å². The van der Waals surface area contributed by atoms with Gasteiger partial charge in [0, 0.05) is 17.6 Å². The largest absolute Gasteiger partial charge is 0.494 e. The summed E-state index contributed by atoms with van der Waals surface area (Å²) in [6.45, 7) is 8.60. The van der Waals surface area contributed by atoms with E-state index in [0.717, 1.165) is 36.3 Å². The molecule has 0 unspecified atom stereocenters. The van der Waals surface area contributed by atoms with Crippen molar-refractivity contribution in [2.45, 2.75) is 64.6 Å². The SMILES string of the molecule is C[C@@H]1CN(CCCCCCCCOc2ccc(Br)cc2)C[C@H](C)O1. The van der Waals surface area contributed by atoms with E-state index in [1.54, 1.807) is 0 Å². The zero-order valence-corrected chi connectivity index (χ0v) is 16.8. The molecule has 1 aliphatic heterocycles. The smallest absolute Gasteiger partial charge is 0.119 e. The lowest BCUT2D eigenvalue weighted by atomic mass is 10.1. The van der Waals surface area contributed by atoms with E-state index in [-0.39, 0.29) is 0 Å². The highest BCUT2D eigenvalue weighted by atomic mass is 79.9. The van der Waals surface area contributed by atoms with Gasteiger partial charge in [0.1, 0.15) is 5.75 Å². The van der Waals surface area contributed by atoms with E-state index < -0.39 is 0 Å². The van der Waals surface area contributed by atoms with Crippen molar-refractivity contribution >= 4 is 15.9 Å². The Hall–Kier alpha value is -0.580. The van der Waals surface area contributed by atoms with E-state index in [4.69, 9.17) is 9.47 Å². The summed E-state index contributed by atoms with van der Waals surface area (Å²) in [4.78, 5) is 2.56. The molecule has 1 saturated heterocycles. The number of ether oxygens (including phenoxy) is 2. The van der Waals surface area contributed by atoms with Crippen LogP contribution in [0.4, 0.5) is 0 Å². The van der Waals surface area contributed by atoms with Crippen molar-refractivity contribution in [1.82, 2.24) is 4.90 Å². The van der Waals surface area contributed by atoms with Gasteiger partial charge in [0.25, 0.3) is 0 Å². The molecule has 1 aliphatic rings. The minimum Gasteiger partial charge on any atom is -0.494 e. The number of hydrogen-bond donors (Lipinski definition) is 0. The highest BCUT2D eigenvalue weighted by Crippen LogP contribution is 2.17. The Morgan fingerprint density at radius 3 is 2.21 bits per heavy atom. The second kappa shape index (κ2) is 11.1. The highest BCUT2D eigenvalue weighted by Gasteiger charge is 2.21. The lowest BCUT2D eigenvalue weighted by Crippen LogP contribution is -2.45. The maximum absolute atomic E-state index is 5.78. The first-order valence-electron chi connectivity index (χ1n) is 9.39. The zero-order chi connectivity index (χ0) is 17.2. The van der Waals surface area contributed by atoms with Gasteiger partial charge < -0.3 is 9.47 Å². The van der Waals surface area contributed by atoms with Crippen LogP contribution in [0, 0.1) is 0 Å². The summed E-state index contributed by atoms with van der Waals surface area (Å²) in [5.74, 6) is 0.965. The molecule has 0 amide bonds. The second-order valence-corrected chi connectivity index (χ2v) is 7.86. The van der Waals surface area contributed by atoms with Gasteiger partial charge in [-0.2, -0.15) is 0 Å². The first-order valence-corrected chi connectivity index (χ1v) is 10.2. The summed E-state index contributed by atoms with van der Waals surface area (Å²) in [6.07, 6.45) is 8.51. The molecular formula is C20H32BrNO2. The molecule has 1 aromatic carbocycles. The Kier molecular flexibility index (Phi) is 9.14. The summed E-state index contributed by atoms with van der Waals surface area (Å²) in [7, 11) is 0. The predicted molar refractivity (Wildman–Crippen MR) is 104 cm³/mol. The topological polar surface area (TPSA) is 21.7 Å². The molecule has 0 N–H and O–H groups in total. The van der Waals surface area contributed by atoms with Gasteiger partial charge in [0.2, 0.25) is 0 Å². The van der Waals surface area contributed by atoms with Gasteiger partial charge >= 0.3 is 0 Å². The lowest BCUT2D eigenvalue weighted by molar-refractivity contribution is -0.0681. The standard InChI is InChI=1S/C20H32BrNO2/c1-17-15-22(16-18(2)24-17)13-7-5-3-4-6-8-14-23-20-11-9-19(21)10-12-20/h9-12,17-18H,3-8,13-16H2,1-2H3/t17-,18+. The molecule has 0 saturated carbocycles. The molecule has 1 aromatic rings. The summed E-state index contributed by atoms with van der Waals surface area (Å²) >= 11 is 3.43. The number of nitrogens with zero attached hydrogens (tertiary/aromatic N) is 1. The first-order chi connectivity index (χ1) is 11.6. The fraction of sp³-hybridized carbons (Fsp3) is 0.700. The molecule has 2 atom stereocenters. The predicted octanol–water partition coefficient (Wildman–Crippen LogP) is 5.28. The van der Waals surface area contributed by atoms with Crippen molar-refractivity contribution in [2.24, 2.45) is 0 Å². The van der Waals surface area contributed by atoms with E-state index in [9.17, 15) is 0 Å². The molecule has 3 nitrogen and oxygen atoms in total. The third-order valence-corrected chi connectivity index (χ3v) is 4.97. The number of benzene rings is 1. The molecule has 4 heteroatoms. The minimum atomic E-state index is 0.388. The maximum Gasteiger partial charge on any atom is 0.119 e. The lowest BCUT2D eigenvalue weighted by Gasteiger charge is -2.35. The quantitative estimate of drug-likeness (QED) is 0.501. The average molecular weight is 398 g/mol. The van der Waals surface area contributed by atoms with Crippen LogP contribution in [0.5, 0.6) is 5.75 Å². The fourth-order valence-electron chi connectivity index (χ4n) is 3.33. The molecule has 0 spiro atoms. The fourth-order valence-corrected chi connectivity index (χ4v) is 3.60. The van der Waals surface area contributed by atoms with Crippen molar-refractivity contribution in [1.29, 1.82) is 0 Å². The third-order valence-electron chi connectivity index (χ3n) is 4.45. The van der Waals surface area contributed by atoms with Gasteiger partial charge in [0.15, 0.2) is 0 Å². The maximum atomic E-state index is 5.78. The normalized spacial score (nSPS) is 21.8. The van der Waals surface area contributed by atoms with Gasteiger partial charge in [-0.15, -0.1) is 0 Å². The van der Waals surface area contributed by atoms with Gasteiger partial charge in [-0.05, 0) is 57.5 Å². The molecule has 2 rings (SSSR count). The molecule has 24 heavy (non-hydrogen) atoms. The summed E-state index contributed by atoms with van der Waals surface area (Å²) in [6, 6.07) is 8.06. The molecule has 0 aromatic heterocycles. The number of rotatable bonds is 10. The van der Waals surface area contributed by atoms with Crippen LogP contribution in [-0.4, -0.2) is 43.3 Å². The van der Waals surface area contributed by atoms with E-state index in [1.165, 1.54) is 38.6 Å². The summed E-state index contributed by atoms with van der Waals surface area (Å²) < 4.78 is 12.6. The Morgan fingerprint density at radius 1 is 0.958 bits per heavy atom. The van der Waals surface area contributed by atoms with Gasteiger partial charge in [-0.25, -0.2) is 0 Å². The van der Waals surface area contributed by atoms with Crippen LogP contribution >= 0.6 is 15.9 Å². The minimum absolute atomic E-state index is 0.388. The molecule has 1 heterocycles. The summed E-state index contributed by atoms with van der Waals surface area (Å²) in [5.41, 5.74) is 0. The van der Waals surface area contributed by atoms with Crippen molar-refractivity contribution in [3.05, 3.63) is 28.7 Å². The second-order valence-electron chi connectivity index (χ2n) is 6.94. The Balaban J connectivity index is 1.41. The van der Waals surface area contributed by atoms with Crippen LogP contribution < -0.4 is 4.74 Å². The Bertz CT molecular complexity index is 441. The van der Waals surface area contributed by atoms with Crippen molar-refractivity contribution in [2.75, 3.05) is 26.2 Å². The zero-order valence-electron chi connectivity index (χ0n) is 15.2. The number of morpholine rings is 1. The Labute approximate surface area is 155 Å². The molecular weight excluding hydrogens is 366 g/mol. The first kappa shape index (κ1) is 19.7.